The largest absolute Gasteiger partial charge is 0.479 e. The first-order chi connectivity index (χ1) is 13.0. The minimum Gasteiger partial charge on any atom is -0.479 e. The molecule has 142 valence electrons. The quantitative estimate of drug-likeness (QED) is 0.772. The number of nitrogens with one attached hydrogen (secondary N) is 2. The fourth-order valence-electron chi connectivity index (χ4n) is 3.07. The van der Waals surface area contributed by atoms with E-state index < -0.39 is 6.10 Å². The fourth-order valence-corrected chi connectivity index (χ4v) is 3.25. The minimum atomic E-state index is -0.713. The van der Waals surface area contributed by atoms with Crippen LogP contribution in [0.25, 0.3) is 0 Å². The second kappa shape index (κ2) is 8.91. The van der Waals surface area contributed by atoms with Gasteiger partial charge in [0, 0.05) is 17.3 Å². The van der Waals surface area contributed by atoms with Crippen molar-refractivity contribution in [1.82, 2.24) is 5.32 Å². The third-order valence-electron chi connectivity index (χ3n) is 4.61. The van der Waals surface area contributed by atoms with Crippen molar-refractivity contribution in [3.8, 4) is 5.75 Å². The number of carbonyl (C=O) groups excluding carboxylic acids is 2. The number of hydrogen-bond acceptors (Lipinski definition) is 3. The minimum absolute atomic E-state index is 0.0739. The average Bonchev–Trinajstić information content (AvgIpc) is 3.17. The Kier molecular flexibility index (Phi) is 6.35. The van der Waals surface area contributed by atoms with Crippen LogP contribution in [0.2, 0.25) is 5.02 Å². The van der Waals surface area contributed by atoms with E-state index in [-0.39, 0.29) is 17.9 Å². The van der Waals surface area contributed by atoms with Gasteiger partial charge in [-0.3, -0.25) is 9.59 Å². The van der Waals surface area contributed by atoms with Crippen LogP contribution < -0.4 is 15.4 Å². The molecule has 3 rings (SSSR count). The smallest absolute Gasteiger partial charge is 0.265 e. The number of para-hydroxylation sites is 1. The topological polar surface area (TPSA) is 67.4 Å². The Hall–Kier alpha value is -2.53. The molecule has 0 saturated heterocycles. The van der Waals surface area contributed by atoms with Gasteiger partial charge in [0.25, 0.3) is 11.8 Å². The first kappa shape index (κ1) is 19.2. The Morgan fingerprint density at radius 1 is 1.07 bits per heavy atom. The van der Waals surface area contributed by atoms with Crippen molar-refractivity contribution in [2.75, 3.05) is 5.32 Å². The Morgan fingerprint density at radius 2 is 1.74 bits per heavy atom. The summed E-state index contributed by atoms with van der Waals surface area (Å²) in [5.74, 6) is 0.0917. The van der Waals surface area contributed by atoms with E-state index in [1.165, 1.54) is 12.8 Å². The van der Waals surface area contributed by atoms with Gasteiger partial charge in [-0.15, -0.1) is 0 Å². The second-order valence-corrected chi connectivity index (χ2v) is 7.12. The first-order valence-electron chi connectivity index (χ1n) is 9.16. The number of anilines is 1. The molecule has 27 heavy (non-hydrogen) atoms. The highest BCUT2D eigenvalue weighted by Crippen LogP contribution is 2.24. The van der Waals surface area contributed by atoms with Crippen molar-refractivity contribution in [1.29, 1.82) is 0 Å². The molecule has 2 amide bonds. The van der Waals surface area contributed by atoms with Crippen molar-refractivity contribution < 1.29 is 14.3 Å². The molecule has 2 N–H and O–H groups in total. The number of hydrogen-bond donors (Lipinski definition) is 2. The van der Waals surface area contributed by atoms with Crippen LogP contribution in [-0.4, -0.2) is 24.0 Å². The Balaban J connectivity index is 1.54. The van der Waals surface area contributed by atoms with Crippen LogP contribution in [0.3, 0.4) is 0 Å². The Labute approximate surface area is 164 Å². The monoisotopic (exact) mass is 386 g/mol. The molecule has 0 radical (unpaired) electrons. The predicted octanol–water partition coefficient (Wildman–Crippen LogP) is 4.42. The molecule has 1 fully saturated rings. The van der Waals surface area contributed by atoms with Gasteiger partial charge in [0.1, 0.15) is 5.75 Å². The first-order valence-corrected chi connectivity index (χ1v) is 9.53. The summed E-state index contributed by atoms with van der Waals surface area (Å²) in [6, 6.07) is 14.1. The third-order valence-corrected chi connectivity index (χ3v) is 4.93. The van der Waals surface area contributed by atoms with Gasteiger partial charge in [0.05, 0.1) is 5.02 Å². The lowest BCUT2D eigenvalue weighted by Crippen LogP contribution is -2.32. The summed E-state index contributed by atoms with van der Waals surface area (Å²) in [5.41, 5.74) is 1.19. The van der Waals surface area contributed by atoms with Gasteiger partial charge < -0.3 is 15.4 Å². The zero-order valence-corrected chi connectivity index (χ0v) is 16.0. The number of benzene rings is 2. The highest BCUT2D eigenvalue weighted by atomic mass is 35.5. The van der Waals surface area contributed by atoms with Gasteiger partial charge >= 0.3 is 0 Å². The average molecular weight is 387 g/mol. The Bertz CT molecular complexity index is 801. The molecule has 6 heteroatoms. The molecule has 5 nitrogen and oxygen atoms in total. The number of halogens is 1. The molecular formula is C21H23ClN2O3. The lowest BCUT2D eigenvalue weighted by atomic mass is 10.1. The van der Waals surface area contributed by atoms with Crippen LogP contribution in [0.4, 0.5) is 5.69 Å². The Morgan fingerprint density at radius 3 is 2.41 bits per heavy atom. The number of ether oxygens (including phenoxy) is 1. The molecule has 1 atom stereocenters. The van der Waals surface area contributed by atoms with Gasteiger partial charge in [-0.25, -0.2) is 0 Å². The summed E-state index contributed by atoms with van der Waals surface area (Å²) in [6.45, 7) is 1.65. The summed E-state index contributed by atoms with van der Waals surface area (Å²) < 4.78 is 5.61. The molecule has 0 bridgehead atoms. The number of amides is 2. The van der Waals surface area contributed by atoms with E-state index in [1.807, 2.05) is 0 Å². The number of carbonyl (C=O) groups is 2. The molecule has 0 aromatic heterocycles. The molecular weight excluding hydrogens is 364 g/mol. The zero-order chi connectivity index (χ0) is 19.2. The van der Waals surface area contributed by atoms with Gasteiger partial charge in [0.15, 0.2) is 6.10 Å². The van der Waals surface area contributed by atoms with Crippen molar-refractivity contribution in [3.05, 3.63) is 59.1 Å². The standard InChI is InChI=1S/C21H23ClN2O3/c1-14(27-19-9-5-4-8-18(19)22)20(25)23-17-12-10-15(11-13-17)21(26)24-16-6-2-3-7-16/h4-5,8-14,16H,2-3,6-7H2,1H3,(H,23,25)(H,24,26). The van der Waals surface area contributed by atoms with E-state index in [2.05, 4.69) is 10.6 Å². The third kappa shape index (κ3) is 5.23. The van der Waals surface area contributed by atoms with E-state index in [1.54, 1.807) is 55.5 Å². The lowest BCUT2D eigenvalue weighted by molar-refractivity contribution is -0.122. The van der Waals surface area contributed by atoms with Crippen molar-refractivity contribution in [2.24, 2.45) is 0 Å². The number of rotatable bonds is 6. The molecule has 1 saturated carbocycles. The zero-order valence-electron chi connectivity index (χ0n) is 15.2. The maximum atomic E-state index is 12.3. The van der Waals surface area contributed by atoms with Crippen LogP contribution in [0.1, 0.15) is 43.0 Å². The van der Waals surface area contributed by atoms with Crippen molar-refractivity contribution in [3.63, 3.8) is 0 Å². The van der Waals surface area contributed by atoms with Crippen molar-refractivity contribution >= 4 is 29.1 Å². The van der Waals surface area contributed by atoms with Crippen molar-refractivity contribution in [2.45, 2.75) is 44.8 Å². The molecule has 0 aliphatic heterocycles. The SMILES string of the molecule is CC(Oc1ccccc1Cl)C(=O)Nc1ccc(C(=O)NC2CCCC2)cc1. The molecule has 1 aliphatic rings. The molecule has 1 aliphatic carbocycles. The maximum absolute atomic E-state index is 12.3. The second-order valence-electron chi connectivity index (χ2n) is 6.71. The molecule has 2 aromatic carbocycles. The molecule has 0 heterocycles. The molecule has 2 aromatic rings. The van der Waals surface area contributed by atoms with Crippen LogP contribution in [0.5, 0.6) is 5.75 Å². The fraction of sp³-hybridized carbons (Fsp3) is 0.333. The van der Waals surface area contributed by atoms with Gasteiger partial charge in [0.2, 0.25) is 0 Å². The van der Waals surface area contributed by atoms with Crippen LogP contribution in [-0.2, 0) is 4.79 Å². The van der Waals surface area contributed by atoms with E-state index >= 15 is 0 Å². The summed E-state index contributed by atoms with van der Waals surface area (Å²) in [7, 11) is 0. The summed E-state index contributed by atoms with van der Waals surface area (Å²) >= 11 is 6.05. The van der Waals surface area contributed by atoms with E-state index in [4.69, 9.17) is 16.3 Å². The van der Waals surface area contributed by atoms with Crippen LogP contribution in [0.15, 0.2) is 48.5 Å². The highest BCUT2D eigenvalue weighted by Gasteiger charge is 2.19. The maximum Gasteiger partial charge on any atom is 0.265 e. The van der Waals surface area contributed by atoms with E-state index in [0.29, 0.717) is 22.0 Å². The van der Waals surface area contributed by atoms with Gasteiger partial charge in [-0.05, 0) is 56.2 Å². The normalized spacial score (nSPS) is 15.2. The summed E-state index contributed by atoms with van der Waals surface area (Å²) in [5, 5.41) is 6.28. The lowest BCUT2D eigenvalue weighted by Gasteiger charge is -2.16. The predicted molar refractivity (Wildman–Crippen MR) is 106 cm³/mol. The highest BCUT2D eigenvalue weighted by molar-refractivity contribution is 6.32. The summed E-state index contributed by atoms with van der Waals surface area (Å²) in [6.07, 6.45) is 3.72. The van der Waals surface area contributed by atoms with E-state index in [9.17, 15) is 9.59 Å². The van der Waals surface area contributed by atoms with Gasteiger partial charge in [-0.2, -0.15) is 0 Å². The molecule has 0 spiro atoms. The molecule has 1 unspecified atom stereocenters. The van der Waals surface area contributed by atoms with E-state index in [0.717, 1.165) is 12.8 Å². The van der Waals surface area contributed by atoms with Crippen LogP contribution >= 0.6 is 11.6 Å². The van der Waals surface area contributed by atoms with Crippen LogP contribution in [0, 0.1) is 0 Å². The van der Waals surface area contributed by atoms with Gasteiger partial charge in [-0.1, -0.05) is 36.6 Å². The summed E-state index contributed by atoms with van der Waals surface area (Å²) in [4.78, 5) is 24.6.